The summed E-state index contributed by atoms with van der Waals surface area (Å²) in [5, 5.41) is 1.41. The zero-order valence-corrected chi connectivity index (χ0v) is 14.4. The lowest BCUT2D eigenvalue weighted by Crippen LogP contribution is -2.24. The number of benzene rings is 1. The number of carbonyl (C=O) groups is 1. The van der Waals surface area contributed by atoms with Crippen LogP contribution in [-0.4, -0.2) is 22.1 Å². The normalized spacial score (nSPS) is 24.6. The molecule has 2 bridgehead atoms. The van der Waals surface area contributed by atoms with E-state index in [1.807, 2.05) is 39.0 Å². The third kappa shape index (κ3) is 3.75. The maximum atomic E-state index is 12.2. The Hall–Kier alpha value is -1.22. The van der Waals surface area contributed by atoms with Gasteiger partial charge in [-0.2, -0.15) is 11.8 Å². The topological polar surface area (TPSA) is 26.3 Å². The molecule has 118 valence electrons. The smallest absolute Gasteiger partial charge is 0.338 e. The number of rotatable bonds is 2. The Morgan fingerprint density at radius 1 is 1.27 bits per heavy atom. The van der Waals surface area contributed by atoms with Gasteiger partial charge in [-0.25, -0.2) is 4.79 Å². The molecule has 2 aliphatic heterocycles. The summed E-state index contributed by atoms with van der Waals surface area (Å²) < 4.78 is 5.48. The fourth-order valence-electron chi connectivity index (χ4n) is 3.14. The average molecular weight is 316 g/mol. The van der Waals surface area contributed by atoms with Crippen LogP contribution in [0.1, 0.15) is 62.4 Å². The van der Waals surface area contributed by atoms with Crippen LogP contribution in [0.15, 0.2) is 30.3 Å². The Balaban J connectivity index is 1.82. The van der Waals surface area contributed by atoms with Crippen molar-refractivity contribution in [1.82, 2.24) is 0 Å². The summed E-state index contributed by atoms with van der Waals surface area (Å²) in [7, 11) is 0. The first-order valence-corrected chi connectivity index (χ1v) is 9.05. The van der Waals surface area contributed by atoms with Gasteiger partial charge in [0.1, 0.15) is 5.60 Å². The van der Waals surface area contributed by atoms with Crippen LogP contribution in [0.25, 0.3) is 5.57 Å². The molecule has 0 saturated carbocycles. The molecule has 2 heterocycles. The largest absolute Gasteiger partial charge is 0.456 e. The first kappa shape index (κ1) is 15.7. The summed E-state index contributed by atoms with van der Waals surface area (Å²) in [6, 6.07) is 7.92. The van der Waals surface area contributed by atoms with E-state index in [4.69, 9.17) is 4.74 Å². The van der Waals surface area contributed by atoms with Crippen molar-refractivity contribution >= 4 is 23.3 Å². The molecule has 2 aliphatic rings. The minimum Gasteiger partial charge on any atom is -0.456 e. The first-order chi connectivity index (χ1) is 10.4. The van der Waals surface area contributed by atoms with Gasteiger partial charge >= 0.3 is 5.97 Å². The minimum absolute atomic E-state index is 0.236. The number of esters is 1. The second kappa shape index (κ2) is 6.11. The number of hydrogen-bond acceptors (Lipinski definition) is 3. The van der Waals surface area contributed by atoms with E-state index in [0.717, 1.165) is 11.7 Å². The molecule has 22 heavy (non-hydrogen) atoms. The van der Waals surface area contributed by atoms with Crippen LogP contribution in [0.2, 0.25) is 0 Å². The van der Waals surface area contributed by atoms with Crippen LogP contribution < -0.4 is 0 Å². The Morgan fingerprint density at radius 3 is 2.82 bits per heavy atom. The molecule has 1 fully saturated rings. The van der Waals surface area contributed by atoms with Gasteiger partial charge in [0.2, 0.25) is 0 Å². The van der Waals surface area contributed by atoms with Gasteiger partial charge in [0.15, 0.2) is 0 Å². The second-order valence-electron chi connectivity index (χ2n) is 7.21. The van der Waals surface area contributed by atoms with Crippen LogP contribution in [0, 0.1) is 0 Å². The van der Waals surface area contributed by atoms with Crippen molar-refractivity contribution < 1.29 is 9.53 Å². The van der Waals surface area contributed by atoms with Gasteiger partial charge in [0.25, 0.3) is 0 Å². The van der Waals surface area contributed by atoms with Gasteiger partial charge < -0.3 is 4.74 Å². The average Bonchev–Trinajstić information content (AvgIpc) is 2.45. The van der Waals surface area contributed by atoms with Crippen LogP contribution in [0.3, 0.4) is 0 Å². The van der Waals surface area contributed by atoms with Gasteiger partial charge in [0.05, 0.1) is 5.56 Å². The lowest BCUT2D eigenvalue weighted by atomic mass is 9.92. The molecule has 2 atom stereocenters. The fraction of sp³-hybridized carbons (Fsp3) is 0.526. The SMILES string of the molecule is CC(C)(C)OC(=O)c1cccc(C2=CC3CCCC(C2)S3)c1. The minimum atomic E-state index is -0.454. The Labute approximate surface area is 137 Å². The molecule has 0 radical (unpaired) electrons. The summed E-state index contributed by atoms with van der Waals surface area (Å²) in [6.07, 6.45) is 7.50. The summed E-state index contributed by atoms with van der Waals surface area (Å²) in [5.41, 5.74) is 2.78. The highest BCUT2D eigenvalue weighted by atomic mass is 32.2. The van der Waals surface area contributed by atoms with Gasteiger partial charge in [-0.05, 0) is 63.3 Å². The second-order valence-corrected chi connectivity index (χ2v) is 8.75. The zero-order chi connectivity index (χ0) is 15.7. The lowest BCUT2D eigenvalue weighted by Gasteiger charge is -2.33. The van der Waals surface area contributed by atoms with E-state index in [1.54, 1.807) is 0 Å². The first-order valence-electron chi connectivity index (χ1n) is 8.11. The van der Waals surface area contributed by atoms with Crippen LogP contribution in [-0.2, 0) is 4.74 Å². The molecule has 1 aromatic carbocycles. The van der Waals surface area contributed by atoms with Gasteiger partial charge in [-0.1, -0.05) is 24.6 Å². The van der Waals surface area contributed by atoms with Crippen LogP contribution >= 0.6 is 11.8 Å². The predicted molar refractivity (Wildman–Crippen MR) is 93.2 cm³/mol. The molecule has 1 saturated heterocycles. The number of fused-ring (bicyclic) bond motifs is 2. The van der Waals surface area contributed by atoms with Crippen molar-refractivity contribution in [3.8, 4) is 0 Å². The van der Waals surface area contributed by atoms with E-state index in [9.17, 15) is 4.79 Å². The fourth-order valence-corrected chi connectivity index (χ4v) is 4.76. The molecule has 1 aromatic rings. The molecule has 0 spiro atoms. The molecular formula is C19H24O2S. The molecule has 0 aromatic heterocycles. The van der Waals surface area contributed by atoms with E-state index >= 15 is 0 Å². The number of hydrogen-bond donors (Lipinski definition) is 0. The third-order valence-electron chi connectivity index (χ3n) is 4.08. The Kier molecular flexibility index (Phi) is 4.35. The number of thioether (sulfide) groups is 1. The molecule has 2 nitrogen and oxygen atoms in total. The van der Waals surface area contributed by atoms with Crippen molar-refractivity contribution in [2.45, 2.75) is 62.6 Å². The predicted octanol–water partition coefficient (Wildman–Crippen LogP) is 5.08. The molecule has 3 rings (SSSR count). The summed E-state index contributed by atoms with van der Waals surface area (Å²) >= 11 is 2.12. The standard InChI is InChI=1S/C19H24O2S/c1-19(2,3)21-18(20)14-7-4-6-13(10-14)15-11-16-8-5-9-17(12-15)22-16/h4,6-7,10-11,16-17H,5,8-9,12H2,1-3H3. The van der Waals surface area contributed by atoms with E-state index in [-0.39, 0.29) is 5.97 Å². The zero-order valence-electron chi connectivity index (χ0n) is 13.6. The third-order valence-corrected chi connectivity index (χ3v) is 5.59. The number of ether oxygens (including phenoxy) is 1. The highest BCUT2D eigenvalue weighted by Gasteiger charge is 2.27. The van der Waals surface area contributed by atoms with Crippen LogP contribution in [0.4, 0.5) is 0 Å². The van der Waals surface area contributed by atoms with Crippen LogP contribution in [0.5, 0.6) is 0 Å². The lowest BCUT2D eigenvalue weighted by molar-refractivity contribution is 0.00695. The van der Waals surface area contributed by atoms with Crippen molar-refractivity contribution in [2.24, 2.45) is 0 Å². The molecule has 0 amide bonds. The highest BCUT2D eigenvalue weighted by molar-refractivity contribution is 8.00. The van der Waals surface area contributed by atoms with Crippen molar-refractivity contribution in [1.29, 1.82) is 0 Å². The van der Waals surface area contributed by atoms with Crippen molar-refractivity contribution in [3.05, 3.63) is 41.5 Å². The van der Waals surface area contributed by atoms with E-state index in [0.29, 0.717) is 10.8 Å². The molecule has 0 aliphatic carbocycles. The maximum absolute atomic E-state index is 12.2. The number of carbonyl (C=O) groups excluding carboxylic acids is 1. The highest BCUT2D eigenvalue weighted by Crippen LogP contribution is 2.43. The summed E-state index contributed by atoms with van der Waals surface area (Å²) in [6.45, 7) is 5.70. The Bertz CT molecular complexity index is 598. The van der Waals surface area contributed by atoms with E-state index in [2.05, 4.69) is 23.9 Å². The van der Waals surface area contributed by atoms with Crippen molar-refractivity contribution in [2.75, 3.05) is 0 Å². The van der Waals surface area contributed by atoms with Gasteiger partial charge in [-0.15, -0.1) is 0 Å². The molecular weight excluding hydrogens is 292 g/mol. The van der Waals surface area contributed by atoms with Gasteiger partial charge in [0, 0.05) is 10.5 Å². The molecule has 3 heteroatoms. The quantitative estimate of drug-likeness (QED) is 0.711. The Morgan fingerprint density at radius 2 is 2.09 bits per heavy atom. The molecule has 2 unspecified atom stereocenters. The summed E-state index contributed by atoms with van der Waals surface area (Å²) in [4.78, 5) is 12.2. The monoisotopic (exact) mass is 316 g/mol. The summed E-state index contributed by atoms with van der Waals surface area (Å²) in [5.74, 6) is -0.236. The van der Waals surface area contributed by atoms with E-state index in [1.165, 1.54) is 30.4 Å². The van der Waals surface area contributed by atoms with Crippen molar-refractivity contribution in [3.63, 3.8) is 0 Å². The van der Waals surface area contributed by atoms with E-state index < -0.39 is 5.60 Å². The maximum Gasteiger partial charge on any atom is 0.338 e. The number of allylic oxidation sites excluding steroid dienone is 1. The molecule has 0 N–H and O–H groups in total. The van der Waals surface area contributed by atoms with Gasteiger partial charge in [-0.3, -0.25) is 0 Å².